The third-order valence-corrected chi connectivity index (χ3v) is 5.81. The molecule has 0 aliphatic heterocycles. The molecular formula is C22H19N3O2S. The van der Waals surface area contributed by atoms with E-state index in [4.69, 9.17) is 0 Å². The minimum Gasteiger partial charge on any atom is -0.351 e. The van der Waals surface area contributed by atoms with E-state index in [1.807, 2.05) is 61.5 Å². The molecule has 6 heteroatoms. The smallest absolute Gasteiger partial charge is 0.261 e. The number of fused-ring (bicyclic) bond motifs is 1. The maximum atomic E-state index is 12.5. The molecule has 140 valence electrons. The molecule has 0 aliphatic rings. The molecule has 0 fully saturated rings. The van der Waals surface area contributed by atoms with Gasteiger partial charge in [0.2, 0.25) is 0 Å². The van der Waals surface area contributed by atoms with Crippen LogP contribution in [0.15, 0.2) is 71.5 Å². The lowest BCUT2D eigenvalue weighted by Crippen LogP contribution is -2.32. The molecule has 28 heavy (non-hydrogen) atoms. The molecule has 5 nitrogen and oxygen atoms in total. The van der Waals surface area contributed by atoms with Crippen molar-refractivity contribution in [2.45, 2.75) is 12.8 Å². The van der Waals surface area contributed by atoms with E-state index in [-0.39, 0.29) is 17.4 Å². The summed E-state index contributed by atoms with van der Waals surface area (Å²) in [6.07, 6.45) is 0. The third-order valence-electron chi connectivity index (χ3n) is 4.54. The van der Waals surface area contributed by atoms with Crippen LogP contribution in [-0.4, -0.2) is 22.4 Å². The van der Waals surface area contributed by atoms with Crippen LogP contribution in [0.4, 0.5) is 0 Å². The highest BCUT2D eigenvalue weighted by Crippen LogP contribution is 2.26. The number of para-hydroxylation sites is 1. The zero-order valence-electron chi connectivity index (χ0n) is 15.3. The second-order valence-electron chi connectivity index (χ2n) is 6.61. The first-order chi connectivity index (χ1) is 13.6. The highest BCUT2D eigenvalue weighted by atomic mass is 32.1. The van der Waals surface area contributed by atoms with Gasteiger partial charge in [-0.15, -0.1) is 11.3 Å². The van der Waals surface area contributed by atoms with E-state index in [2.05, 4.69) is 15.3 Å². The largest absolute Gasteiger partial charge is 0.351 e. The summed E-state index contributed by atoms with van der Waals surface area (Å²) in [7, 11) is 0. The lowest BCUT2D eigenvalue weighted by Gasteiger charge is -2.10. The van der Waals surface area contributed by atoms with Crippen LogP contribution in [0.25, 0.3) is 21.5 Å². The van der Waals surface area contributed by atoms with E-state index in [9.17, 15) is 9.59 Å². The SMILES string of the molecule is CC(CNC(=O)c1ccc(-c2ccccc2)[nH]c1=O)c1nc2ccccc2s1. The molecule has 0 spiro atoms. The van der Waals surface area contributed by atoms with Crippen molar-refractivity contribution in [3.8, 4) is 11.3 Å². The molecule has 0 aliphatic carbocycles. The van der Waals surface area contributed by atoms with Gasteiger partial charge in [0.15, 0.2) is 0 Å². The lowest BCUT2D eigenvalue weighted by atomic mass is 10.1. The normalized spacial score (nSPS) is 12.0. The van der Waals surface area contributed by atoms with E-state index in [0.717, 1.165) is 20.8 Å². The average molecular weight is 389 g/mol. The minimum absolute atomic E-state index is 0.0593. The van der Waals surface area contributed by atoms with Crippen LogP contribution in [0.1, 0.15) is 28.2 Å². The molecule has 4 aromatic rings. The molecule has 1 unspecified atom stereocenters. The van der Waals surface area contributed by atoms with E-state index < -0.39 is 5.56 Å². The van der Waals surface area contributed by atoms with Crippen molar-refractivity contribution in [3.05, 3.63) is 87.7 Å². The number of thiazole rings is 1. The van der Waals surface area contributed by atoms with Crippen molar-refractivity contribution in [2.75, 3.05) is 6.54 Å². The number of carbonyl (C=O) groups is 1. The van der Waals surface area contributed by atoms with Gasteiger partial charge in [0, 0.05) is 18.2 Å². The molecule has 1 amide bonds. The third kappa shape index (κ3) is 3.73. The summed E-state index contributed by atoms with van der Waals surface area (Å²) in [5.74, 6) is -0.321. The Balaban J connectivity index is 1.45. The van der Waals surface area contributed by atoms with Crippen molar-refractivity contribution in [2.24, 2.45) is 0 Å². The first-order valence-electron chi connectivity index (χ1n) is 9.04. The Kier molecular flexibility index (Phi) is 5.04. The molecule has 0 saturated carbocycles. The Bertz CT molecular complexity index is 1150. The molecule has 0 saturated heterocycles. The predicted octanol–water partition coefficient (Wildman–Crippen LogP) is 4.19. The van der Waals surface area contributed by atoms with E-state index >= 15 is 0 Å². The standard InChI is InChI=1S/C22H19N3O2S/c1-14(22-25-18-9-5-6-10-19(18)28-22)13-23-20(26)16-11-12-17(24-21(16)27)15-7-3-2-4-8-15/h2-12,14H,13H2,1H3,(H,23,26)(H,24,27). The van der Waals surface area contributed by atoms with Crippen LogP contribution < -0.4 is 10.9 Å². The summed E-state index contributed by atoms with van der Waals surface area (Å²) in [6.45, 7) is 2.43. The number of amides is 1. The van der Waals surface area contributed by atoms with Crippen LogP contribution in [-0.2, 0) is 0 Å². The molecule has 2 heterocycles. The fraction of sp³-hybridized carbons (Fsp3) is 0.136. The highest BCUT2D eigenvalue weighted by molar-refractivity contribution is 7.18. The average Bonchev–Trinajstić information content (AvgIpc) is 3.17. The van der Waals surface area contributed by atoms with Crippen LogP contribution in [0.5, 0.6) is 0 Å². The second-order valence-corrected chi connectivity index (χ2v) is 7.67. The number of benzene rings is 2. The number of hydrogen-bond donors (Lipinski definition) is 2. The topological polar surface area (TPSA) is 74.8 Å². The van der Waals surface area contributed by atoms with Crippen LogP contribution in [0.3, 0.4) is 0 Å². The molecule has 0 radical (unpaired) electrons. The maximum absolute atomic E-state index is 12.5. The van der Waals surface area contributed by atoms with Crippen molar-refractivity contribution in [1.29, 1.82) is 0 Å². The molecule has 4 rings (SSSR count). The summed E-state index contributed by atoms with van der Waals surface area (Å²) in [5.41, 5.74) is 2.26. The van der Waals surface area contributed by atoms with Crippen LogP contribution in [0, 0.1) is 0 Å². The van der Waals surface area contributed by atoms with Gasteiger partial charge in [-0.25, -0.2) is 4.98 Å². The summed E-state index contributed by atoms with van der Waals surface area (Å²) in [6, 6.07) is 20.8. The zero-order valence-corrected chi connectivity index (χ0v) is 16.1. The van der Waals surface area contributed by atoms with Crippen molar-refractivity contribution in [3.63, 3.8) is 0 Å². The zero-order chi connectivity index (χ0) is 19.5. The highest BCUT2D eigenvalue weighted by Gasteiger charge is 2.15. The molecular weight excluding hydrogens is 370 g/mol. The van der Waals surface area contributed by atoms with Crippen molar-refractivity contribution < 1.29 is 4.79 Å². The lowest BCUT2D eigenvalue weighted by molar-refractivity contribution is 0.0950. The Hall–Kier alpha value is -3.25. The van der Waals surface area contributed by atoms with E-state index in [0.29, 0.717) is 12.2 Å². The van der Waals surface area contributed by atoms with Gasteiger partial charge in [0.05, 0.1) is 15.2 Å². The molecule has 1 atom stereocenters. The van der Waals surface area contributed by atoms with E-state index in [1.165, 1.54) is 0 Å². The van der Waals surface area contributed by atoms with Crippen LogP contribution in [0.2, 0.25) is 0 Å². The minimum atomic E-state index is -0.397. The van der Waals surface area contributed by atoms with Crippen molar-refractivity contribution >= 4 is 27.5 Å². The first-order valence-corrected chi connectivity index (χ1v) is 9.86. The van der Waals surface area contributed by atoms with E-state index in [1.54, 1.807) is 23.5 Å². The molecule has 2 aromatic carbocycles. The predicted molar refractivity (Wildman–Crippen MR) is 113 cm³/mol. The monoisotopic (exact) mass is 389 g/mol. The Morgan fingerprint density at radius 3 is 2.57 bits per heavy atom. The van der Waals surface area contributed by atoms with Gasteiger partial charge in [-0.2, -0.15) is 0 Å². The maximum Gasteiger partial charge on any atom is 0.261 e. The fourth-order valence-corrected chi connectivity index (χ4v) is 3.99. The number of pyridine rings is 1. The van der Waals surface area contributed by atoms with Gasteiger partial charge < -0.3 is 10.3 Å². The summed E-state index contributed by atoms with van der Waals surface area (Å²) in [4.78, 5) is 32.2. The fourth-order valence-electron chi connectivity index (χ4n) is 2.97. The number of aromatic amines is 1. The number of carbonyl (C=O) groups excluding carboxylic acids is 1. The summed E-state index contributed by atoms with van der Waals surface area (Å²) in [5, 5.41) is 3.82. The molecule has 2 N–H and O–H groups in total. The number of hydrogen-bond acceptors (Lipinski definition) is 4. The number of nitrogens with one attached hydrogen (secondary N) is 2. The molecule has 2 aromatic heterocycles. The van der Waals surface area contributed by atoms with Crippen LogP contribution >= 0.6 is 11.3 Å². The van der Waals surface area contributed by atoms with Gasteiger partial charge in [-0.05, 0) is 29.8 Å². The summed E-state index contributed by atoms with van der Waals surface area (Å²) >= 11 is 1.63. The number of aromatic nitrogens is 2. The number of rotatable bonds is 5. The van der Waals surface area contributed by atoms with Gasteiger partial charge in [-0.3, -0.25) is 9.59 Å². The summed E-state index contributed by atoms with van der Waals surface area (Å²) < 4.78 is 1.13. The van der Waals surface area contributed by atoms with Crippen molar-refractivity contribution in [1.82, 2.24) is 15.3 Å². The quantitative estimate of drug-likeness (QED) is 0.538. The van der Waals surface area contributed by atoms with Gasteiger partial charge in [0.25, 0.3) is 11.5 Å². The second kappa shape index (κ2) is 7.78. The number of H-pyrrole nitrogens is 1. The Morgan fingerprint density at radius 2 is 1.82 bits per heavy atom. The van der Waals surface area contributed by atoms with Gasteiger partial charge in [-0.1, -0.05) is 49.4 Å². The first kappa shape index (κ1) is 18.1. The van der Waals surface area contributed by atoms with Gasteiger partial charge in [0.1, 0.15) is 5.56 Å². The Morgan fingerprint density at radius 1 is 1.07 bits per heavy atom. The van der Waals surface area contributed by atoms with Gasteiger partial charge >= 0.3 is 0 Å². The molecule has 0 bridgehead atoms. The number of nitrogens with zero attached hydrogens (tertiary/aromatic N) is 1. The Labute approximate surface area is 166 Å².